The molecule has 0 N–H and O–H groups in total. The van der Waals surface area contributed by atoms with Gasteiger partial charge in [-0.15, -0.1) is 0 Å². The largest absolute Gasteiger partial charge is 0.463 e. The van der Waals surface area contributed by atoms with Crippen LogP contribution >= 0.6 is 0 Å². The highest BCUT2D eigenvalue weighted by atomic mass is 16.5. The van der Waals surface area contributed by atoms with Crippen molar-refractivity contribution in [1.82, 2.24) is 0 Å². The van der Waals surface area contributed by atoms with E-state index < -0.39 is 5.97 Å². The number of esters is 1. The van der Waals surface area contributed by atoms with Gasteiger partial charge in [0.25, 0.3) is 0 Å². The molecule has 5 heteroatoms. The quantitative estimate of drug-likeness (QED) is 0.531. The molecule has 5 nitrogen and oxygen atoms in total. The van der Waals surface area contributed by atoms with Gasteiger partial charge in [-0.05, 0) is 12.1 Å². The minimum absolute atomic E-state index is 0.00644. The molecule has 0 atom stereocenters. The van der Waals surface area contributed by atoms with Crippen molar-refractivity contribution in [1.29, 1.82) is 0 Å². The fraction of sp³-hybridized carbons (Fsp3) is 0.333. The van der Waals surface area contributed by atoms with E-state index in [2.05, 4.69) is 9.47 Å². The summed E-state index contributed by atoms with van der Waals surface area (Å²) in [7, 11) is 2.64. The van der Waals surface area contributed by atoms with Crippen molar-refractivity contribution in [2.45, 2.75) is 0 Å². The van der Waals surface area contributed by atoms with Crippen molar-refractivity contribution in [3.63, 3.8) is 0 Å². The third-order valence-corrected chi connectivity index (χ3v) is 1.54. The van der Waals surface area contributed by atoms with E-state index in [0.717, 1.165) is 0 Å². The van der Waals surface area contributed by atoms with Crippen molar-refractivity contribution >= 4 is 11.8 Å². The highest BCUT2D eigenvalue weighted by Gasteiger charge is 2.15. The van der Waals surface area contributed by atoms with Crippen LogP contribution in [0, 0.1) is 0 Å². The number of furan rings is 1. The van der Waals surface area contributed by atoms with Crippen molar-refractivity contribution in [2.75, 3.05) is 20.8 Å². The van der Waals surface area contributed by atoms with E-state index in [-0.39, 0.29) is 23.9 Å². The molecule has 1 heterocycles. The second-order valence-electron chi connectivity index (χ2n) is 2.51. The third-order valence-electron chi connectivity index (χ3n) is 1.54. The van der Waals surface area contributed by atoms with Crippen LogP contribution in [0.5, 0.6) is 0 Å². The van der Waals surface area contributed by atoms with Gasteiger partial charge in [-0.3, -0.25) is 4.79 Å². The van der Waals surface area contributed by atoms with Gasteiger partial charge in [-0.25, -0.2) is 4.79 Å². The molecular formula is C9H10O5. The molecule has 76 valence electrons. The van der Waals surface area contributed by atoms with Gasteiger partial charge in [0.05, 0.1) is 7.11 Å². The zero-order chi connectivity index (χ0) is 10.6. The summed E-state index contributed by atoms with van der Waals surface area (Å²) in [4.78, 5) is 22.1. The SMILES string of the molecule is COCC(=O)c1ccc(C(=O)OC)o1. The summed E-state index contributed by atoms with van der Waals surface area (Å²) in [5.74, 6) is -0.830. The van der Waals surface area contributed by atoms with Crippen LogP contribution in [0.3, 0.4) is 0 Å². The number of ketones is 1. The summed E-state index contributed by atoms with van der Waals surface area (Å²) in [5, 5.41) is 0. The minimum atomic E-state index is -0.610. The Labute approximate surface area is 80.6 Å². The molecular weight excluding hydrogens is 188 g/mol. The first-order valence-corrected chi connectivity index (χ1v) is 3.89. The van der Waals surface area contributed by atoms with E-state index in [4.69, 9.17) is 4.42 Å². The summed E-state index contributed by atoms with van der Waals surface area (Å²) < 4.78 is 14.0. The molecule has 0 aliphatic heterocycles. The smallest absolute Gasteiger partial charge is 0.373 e. The fourth-order valence-electron chi connectivity index (χ4n) is 0.900. The Hall–Kier alpha value is -1.62. The van der Waals surface area contributed by atoms with Crippen LogP contribution in [0.2, 0.25) is 0 Å². The first kappa shape index (κ1) is 10.5. The number of carbonyl (C=O) groups is 2. The van der Waals surface area contributed by atoms with E-state index in [9.17, 15) is 9.59 Å². The molecule has 0 saturated heterocycles. The number of hydrogen-bond donors (Lipinski definition) is 0. The van der Waals surface area contributed by atoms with Gasteiger partial charge < -0.3 is 13.9 Å². The van der Waals surface area contributed by atoms with Gasteiger partial charge in [0.2, 0.25) is 11.5 Å². The first-order chi connectivity index (χ1) is 6.69. The molecule has 0 fully saturated rings. The summed E-state index contributed by atoms with van der Waals surface area (Å²) in [6.45, 7) is -0.0753. The summed E-state index contributed by atoms with van der Waals surface area (Å²) in [6.07, 6.45) is 0. The van der Waals surface area contributed by atoms with Crippen LogP contribution in [-0.4, -0.2) is 32.6 Å². The standard InChI is InChI=1S/C9H10O5/c1-12-5-6(10)7-3-4-8(14-7)9(11)13-2/h3-4H,5H2,1-2H3. The lowest BCUT2D eigenvalue weighted by atomic mass is 10.3. The Morgan fingerprint density at radius 2 is 1.93 bits per heavy atom. The van der Waals surface area contributed by atoms with Gasteiger partial charge in [-0.1, -0.05) is 0 Å². The Morgan fingerprint density at radius 3 is 2.50 bits per heavy atom. The maximum Gasteiger partial charge on any atom is 0.373 e. The average Bonchev–Trinajstić information content (AvgIpc) is 2.66. The zero-order valence-corrected chi connectivity index (χ0v) is 7.90. The van der Waals surface area contributed by atoms with E-state index in [1.54, 1.807) is 0 Å². The fourth-order valence-corrected chi connectivity index (χ4v) is 0.900. The van der Waals surface area contributed by atoms with Crippen LogP contribution < -0.4 is 0 Å². The second-order valence-corrected chi connectivity index (χ2v) is 2.51. The van der Waals surface area contributed by atoms with Gasteiger partial charge in [-0.2, -0.15) is 0 Å². The molecule has 1 rings (SSSR count). The summed E-state index contributed by atoms with van der Waals surface area (Å²) in [6, 6.07) is 2.79. The van der Waals surface area contributed by atoms with Crippen molar-refractivity contribution in [2.24, 2.45) is 0 Å². The van der Waals surface area contributed by atoms with E-state index in [1.807, 2.05) is 0 Å². The van der Waals surface area contributed by atoms with Gasteiger partial charge >= 0.3 is 5.97 Å². The molecule has 0 spiro atoms. The first-order valence-electron chi connectivity index (χ1n) is 3.89. The Morgan fingerprint density at radius 1 is 1.29 bits per heavy atom. The second kappa shape index (κ2) is 4.57. The predicted molar refractivity (Wildman–Crippen MR) is 46.3 cm³/mol. The van der Waals surface area contributed by atoms with Crippen LogP contribution in [0.4, 0.5) is 0 Å². The molecule has 1 aromatic heterocycles. The lowest BCUT2D eigenvalue weighted by Gasteiger charge is -1.95. The van der Waals surface area contributed by atoms with Crippen LogP contribution in [0.15, 0.2) is 16.5 Å². The normalized spacial score (nSPS) is 9.86. The molecule has 0 bridgehead atoms. The van der Waals surface area contributed by atoms with E-state index >= 15 is 0 Å². The van der Waals surface area contributed by atoms with Crippen LogP contribution in [-0.2, 0) is 9.47 Å². The van der Waals surface area contributed by atoms with E-state index in [0.29, 0.717) is 0 Å². The molecule has 0 aliphatic rings. The molecule has 0 aliphatic carbocycles. The van der Waals surface area contributed by atoms with Crippen molar-refractivity contribution in [3.05, 3.63) is 23.7 Å². The highest BCUT2D eigenvalue weighted by Crippen LogP contribution is 2.09. The molecule has 0 amide bonds. The molecule has 0 saturated carbocycles. The highest BCUT2D eigenvalue weighted by molar-refractivity contribution is 5.96. The minimum Gasteiger partial charge on any atom is -0.463 e. The molecule has 14 heavy (non-hydrogen) atoms. The topological polar surface area (TPSA) is 65.7 Å². The van der Waals surface area contributed by atoms with Gasteiger partial charge in [0.1, 0.15) is 6.61 Å². The summed E-state index contributed by atoms with van der Waals surface area (Å²) in [5.41, 5.74) is 0. The monoisotopic (exact) mass is 198 g/mol. The zero-order valence-electron chi connectivity index (χ0n) is 7.90. The van der Waals surface area contributed by atoms with Gasteiger partial charge in [0.15, 0.2) is 5.76 Å². The lowest BCUT2D eigenvalue weighted by Crippen LogP contribution is -2.05. The average molecular weight is 198 g/mol. The van der Waals surface area contributed by atoms with E-state index in [1.165, 1.54) is 26.4 Å². The molecule has 1 aromatic rings. The number of methoxy groups -OCH3 is 2. The Kier molecular flexibility index (Phi) is 3.41. The molecule has 0 radical (unpaired) electrons. The molecule has 0 unspecified atom stereocenters. The van der Waals surface area contributed by atoms with Crippen LogP contribution in [0.25, 0.3) is 0 Å². The third kappa shape index (κ3) is 2.20. The maximum absolute atomic E-state index is 11.2. The number of hydrogen-bond acceptors (Lipinski definition) is 5. The molecule has 0 aromatic carbocycles. The Balaban J connectivity index is 2.77. The van der Waals surface area contributed by atoms with Crippen LogP contribution in [0.1, 0.15) is 21.1 Å². The van der Waals surface area contributed by atoms with Crippen molar-refractivity contribution < 1.29 is 23.5 Å². The number of ether oxygens (including phenoxy) is 2. The lowest BCUT2D eigenvalue weighted by molar-refractivity contribution is 0.0561. The van der Waals surface area contributed by atoms with Crippen molar-refractivity contribution in [3.8, 4) is 0 Å². The predicted octanol–water partition coefficient (Wildman–Crippen LogP) is 0.895. The Bertz CT molecular complexity index is 339. The number of rotatable bonds is 4. The number of carbonyl (C=O) groups excluding carboxylic acids is 2. The van der Waals surface area contributed by atoms with Gasteiger partial charge in [0, 0.05) is 7.11 Å². The maximum atomic E-state index is 11.2. The number of Topliss-reactive ketones (excluding diaryl/α,β-unsaturated/α-hetero) is 1. The summed E-state index contributed by atoms with van der Waals surface area (Å²) >= 11 is 0.